The summed E-state index contributed by atoms with van der Waals surface area (Å²) in [7, 11) is 0. The van der Waals surface area contributed by atoms with Crippen molar-refractivity contribution in [3.05, 3.63) is 22.2 Å². The predicted octanol–water partition coefficient (Wildman–Crippen LogP) is 0.576. The van der Waals surface area contributed by atoms with E-state index in [1.54, 1.807) is 6.92 Å². The van der Waals surface area contributed by atoms with Crippen molar-refractivity contribution in [3.8, 4) is 0 Å². The lowest BCUT2D eigenvalue weighted by atomic mass is 10.5. The maximum Gasteiger partial charge on any atom is 0.384 e. The van der Waals surface area contributed by atoms with Gasteiger partial charge in [-0.15, -0.1) is 0 Å². The zero-order chi connectivity index (χ0) is 10.8. The van der Waals surface area contributed by atoms with Crippen molar-refractivity contribution < 1.29 is 18.9 Å². The van der Waals surface area contributed by atoms with E-state index in [2.05, 4.69) is 0 Å². The second kappa shape index (κ2) is 4.35. The fourth-order valence-electron chi connectivity index (χ4n) is 0.890. The van der Waals surface area contributed by atoms with Crippen LogP contribution in [0.4, 0.5) is 0 Å². The molecule has 1 rings (SSSR count). The summed E-state index contributed by atoms with van der Waals surface area (Å²) in [4.78, 5) is 28.1. The second-order valence-electron chi connectivity index (χ2n) is 2.61. The number of aromatic nitrogens is 1. The van der Waals surface area contributed by atoms with E-state index in [1.165, 1.54) is 6.07 Å². The molecule has 0 atom stereocenters. The van der Waals surface area contributed by atoms with Gasteiger partial charge in [-0.1, -0.05) is 0 Å². The van der Waals surface area contributed by atoms with Crippen LogP contribution in [0.3, 0.4) is 0 Å². The van der Waals surface area contributed by atoms with Crippen molar-refractivity contribution in [3.63, 3.8) is 0 Å². The Kier molecular flexibility index (Phi) is 3.60. The Morgan fingerprint density at radius 1 is 1.64 bits per heavy atom. The summed E-state index contributed by atoms with van der Waals surface area (Å²) in [5.74, 6) is 0.619. The first-order valence-corrected chi connectivity index (χ1v) is 6.96. The summed E-state index contributed by atoms with van der Waals surface area (Å²) >= 11 is 0.493. The van der Waals surface area contributed by atoms with Crippen molar-refractivity contribution in [2.75, 3.05) is 5.75 Å². The molecule has 6 nitrogen and oxygen atoms in total. The molecular weight excluding hydrogens is 229 g/mol. The average Bonchev–Trinajstić information content (AvgIpc) is 2.27. The normalized spacial score (nSPS) is 11.9. The topological polar surface area (TPSA) is 92.7 Å². The zero-order valence-electron chi connectivity index (χ0n) is 7.41. The lowest BCUT2D eigenvalue weighted by molar-refractivity contribution is 0.258. The van der Waals surface area contributed by atoms with Crippen LogP contribution in [-0.4, -0.2) is 20.3 Å². The Morgan fingerprint density at radius 3 is 2.71 bits per heavy atom. The highest BCUT2D eigenvalue weighted by Crippen LogP contribution is 2.49. The molecule has 0 aromatic carbocycles. The minimum atomic E-state index is -4.05. The van der Waals surface area contributed by atoms with E-state index >= 15 is 0 Å². The third kappa shape index (κ3) is 3.71. The van der Waals surface area contributed by atoms with Crippen LogP contribution in [0.1, 0.15) is 5.76 Å². The van der Waals surface area contributed by atoms with E-state index in [4.69, 9.17) is 14.3 Å². The van der Waals surface area contributed by atoms with Gasteiger partial charge in [-0.25, -0.2) is 4.57 Å². The highest BCUT2D eigenvalue weighted by Gasteiger charge is 2.13. The molecule has 0 saturated heterocycles. The molecule has 0 aliphatic heterocycles. The molecule has 0 bridgehead atoms. The fraction of sp³-hybridized carbons (Fsp3) is 0.500. The molecule has 2 N–H and O–H groups in total. The minimum Gasteiger partial charge on any atom is -0.381 e. The van der Waals surface area contributed by atoms with Crippen LogP contribution < -0.4 is 5.56 Å². The molecule has 1 aromatic rings. The Balaban J connectivity index is 2.51. The van der Waals surface area contributed by atoms with E-state index in [0.29, 0.717) is 17.1 Å². The van der Waals surface area contributed by atoms with Crippen LogP contribution in [0, 0.1) is 6.92 Å². The lowest BCUT2D eigenvalue weighted by Crippen LogP contribution is -2.14. The van der Waals surface area contributed by atoms with Gasteiger partial charge in [-0.2, -0.15) is 4.74 Å². The first-order valence-electron chi connectivity index (χ1n) is 3.76. The van der Waals surface area contributed by atoms with Crippen molar-refractivity contribution in [1.29, 1.82) is 0 Å². The van der Waals surface area contributed by atoms with Gasteiger partial charge in [0.25, 0.3) is 5.56 Å². The predicted molar refractivity (Wildman–Crippen MR) is 52.2 cm³/mol. The molecule has 0 unspecified atom stereocenters. The molecule has 8 heteroatoms. The van der Waals surface area contributed by atoms with Crippen LogP contribution in [-0.2, 0) is 11.1 Å². The third-order valence-electron chi connectivity index (χ3n) is 1.38. The van der Waals surface area contributed by atoms with Crippen LogP contribution >= 0.6 is 18.2 Å². The van der Waals surface area contributed by atoms with E-state index in [1.807, 2.05) is 0 Å². The van der Waals surface area contributed by atoms with Gasteiger partial charge in [0, 0.05) is 11.8 Å². The van der Waals surface area contributed by atoms with Crippen LogP contribution in [0.15, 0.2) is 15.4 Å². The summed E-state index contributed by atoms with van der Waals surface area (Å²) in [6.45, 7) is -2.26. The van der Waals surface area contributed by atoms with Gasteiger partial charge in [-0.3, -0.25) is 4.79 Å². The highest BCUT2D eigenvalue weighted by molar-refractivity contribution is 8.54. The number of hydrogen-bond donors (Lipinski definition) is 2. The van der Waals surface area contributed by atoms with E-state index < -0.39 is 6.80 Å². The van der Waals surface area contributed by atoms with Crippen LogP contribution in [0.2, 0.25) is 0 Å². The number of hydrogen-bond acceptors (Lipinski definition) is 4. The summed E-state index contributed by atoms with van der Waals surface area (Å²) in [5, 5.41) is 0. The van der Waals surface area contributed by atoms with E-state index in [9.17, 15) is 9.36 Å². The fourth-order valence-corrected chi connectivity index (χ4v) is 2.33. The molecule has 0 amide bonds. The van der Waals surface area contributed by atoms with Crippen molar-refractivity contribution >= 4 is 18.2 Å². The molecule has 0 aliphatic rings. The number of rotatable bonds is 4. The van der Waals surface area contributed by atoms with Gasteiger partial charge in [0.15, 0.2) is 0 Å². The summed E-state index contributed by atoms with van der Waals surface area (Å²) in [6.07, 6.45) is 0. The molecule has 0 fully saturated rings. The standard InChI is InChI=1S/C6H10NO5PS/c1-5-4-6(8)7(12-5)2-3-14-13(9,10)11/h4H,2-3H2,1H3,(H2,9,10,11). The van der Waals surface area contributed by atoms with Crippen LogP contribution in [0.25, 0.3) is 0 Å². The van der Waals surface area contributed by atoms with Gasteiger partial charge in [0.1, 0.15) is 5.76 Å². The van der Waals surface area contributed by atoms with Crippen molar-refractivity contribution in [2.24, 2.45) is 0 Å². The average molecular weight is 239 g/mol. The Morgan fingerprint density at radius 2 is 2.29 bits per heavy atom. The molecule has 14 heavy (non-hydrogen) atoms. The highest BCUT2D eigenvalue weighted by atomic mass is 32.7. The van der Waals surface area contributed by atoms with Crippen LogP contribution in [0.5, 0.6) is 0 Å². The van der Waals surface area contributed by atoms with Crippen molar-refractivity contribution in [2.45, 2.75) is 13.5 Å². The summed E-state index contributed by atoms with van der Waals surface area (Å²) in [6, 6.07) is 1.32. The molecule has 1 aromatic heterocycles. The summed E-state index contributed by atoms with van der Waals surface area (Å²) < 4.78 is 16.5. The van der Waals surface area contributed by atoms with Gasteiger partial charge in [-0.05, 0) is 18.3 Å². The molecule has 80 valence electrons. The molecule has 0 spiro atoms. The molecule has 1 heterocycles. The van der Waals surface area contributed by atoms with Gasteiger partial charge >= 0.3 is 6.80 Å². The van der Waals surface area contributed by atoms with E-state index in [0.717, 1.165) is 4.74 Å². The molecular formula is C6H10NO5PS. The minimum absolute atomic E-state index is 0.136. The van der Waals surface area contributed by atoms with E-state index in [-0.39, 0.29) is 17.9 Å². The first kappa shape index (κ1) is 11.6. The first-order chi connectivity index (χ1) is 6.38. The molecule has 0 radical (unpaired) electrons. The largest absolute Gasteiger partial charge is 0.384 e. The Bertz CT molecular complexity index is 405. The van der Waals surface area contributed by atoms with Gasteiger partial charge < -0.3 is 14.3 Å². The second-order valence-corrected chi connectivity index (χ2v) is 6.46. The number of aryl methyl sites for hydroxylation is 2. The smallest absolute Gasteiger partial charge is 0.381 e. The number of nitrogens with zero attached hydrogens (tertiary/aromatic N) is 1. The van der Waals surface area contributed by atoms with Gasteiger partial charge in [0.2, 0.25) is 0 Å². The Hall–Kier alpha value is -0.490. The zero-order valence-corrected chi connectivity index (χ0v) is 9.12. The molecule has 0 saturated carbocycles. The summed E-state index contributed by atoms with van der Waals surface area (Å²) in [5.41, 5.74) is -0.297. The quantitative estimate of drug-likeness (QED) is 0.746. The molecule has 0 aliphatic carbocycles. The SMILES string of the molecule is Cc1cc(=O)n(CCSP(=O)(O)O)o1. The Labute approximate surface area is 83.8 Å². The van der Waals surface area contributed by atoms with Gasteiger partial charge in [0.05, 0.1) is 6.54 Å². The maximum atomic E-state index is 11.1. The lowest BCUT2D eigenvalue weighted by Gasteiger charge is -2.01. The monoisotopic (exact) mass is 239 g/mol. The third-order valence-corrected chi connectivity index (χ3v) is 3.64. The maximum absolute atomic E-state index is 11.1. The van der Waals surface area contributed by atoms with Crippen molar-refractivity contribution in [1.82, 2.24) is 4.74 Å².